The van der Waals surface area contributed by atoms with Crippen LogP contribution in [0.25, 0.3) is 16.6 Å². The zero-order valence-corrected chi connectivity index (χ0v) is 21.5. The minimum absolute atomic E-state index is 0.157. The number of fused-ring (bicyclic) bond motifs is 11. The van der Waals surface area contributed by atoms with Gasteiger partial charge >= 0.3 is 0 Å². The van der Waals surface area contributed by atoms with Gasteiger partial charge in [0, 0.05) is 16.6 Å². The van der Waals surface area contributed by atoms with E-state index >= 15 is 0 Å². The average molecular weight is 543 g/mol. The van der Waals surface area contributed by atoms with E-state index in [2.05, 4.69) is 4.90 Å². The van der Waals surface area contributed by atoms with E-state index in [0.717, 1.165) is 18.4 Å². The number of aromatic nitrogens is 2. The summed E-state index contributed by atoms with van der Waals surface area (Å²) in [7, 11) is 0. The molecule has 188 valence electrons. The fourth-order valence-electron chi connectivity index (χ4n) is 7.51. The molecule has 0 radical (unpaired) electrons. The van der Waals surface area contributed by atoms with Crippen LogP contribution in [-0.4, -0.2) is 38.9 Å². The summed E-state index contributed by atoms with van der Waals surface area (Å²) in [4.78, 5) is 51.1. The number of anilines is 1. The number of nitrogens with zero attached hydrogens (tertiary/aromatic N) is 4. The second-order valence-electron chi connectivity index (χ2n) is 10.4. The van der Waals surface area contributed by atoms with E-state index in [-0.39, 0.29) is 28.4 Å². The van der Waals surface area contributed by atoms with E-state index in [1.807, 2.05) is 42.5 Å². The Morgan fingerprint density at radius 1 is 0.895 bits per heavy atom. The molecule has 0 aliphatic carbocycles. The molecule has 4 aromatic rings. The van der Waals surface area contributed by atoms with Crippen molar-refractivity contribution < 1.29 is 9.59 Å². The lowest BCUT2D eigenvalue weighted by atomic mass is 9.75. The quantitative estimate of drug-likeness (QED) is 0.330. The average Bonchev–Trinajstić information content (AvgIpc) is 3.62. The van der Waals surface area contributed by atoms with Crippen LogP contribution in [0.4, 0.5) is 5.69 Å². The molecule has 4 aliphatic heterocycles. The normalized spacial score (nSPS) is 27.3. The first-order valence-electron chi connectivity index (χ1n) is 12.7. The summed E-state index contributed by atoms with van der Waals surface area (Å²) < 4.78 is 1.66. The van der Waals surface area contributed by atoms with E-state index < -0.39 is 17.4 Å². The molecule has 3 fully saturated rings. The molecule has 38 heavy (non-hydrogen) atoms. The first-order valence-corrected chi connectivity index (χ1v) is 13.4. The summed E-state index contributed by atoms with van der Waals surface area (Å²) in [6, 6.07) is 19.6. The molecule has 4 atom stereocenters. The summed E-state index contributed by atoms with van der Waals surface area (Å²) in [6.07, 6.45) is 1.67. The van der Waals surface area contributed by atoms with Crippen molar-refractivity contribution in [3.05, 3.63) is 98.5 Å². The third kappa shape index (κ3) is 2.50. The maximum atomic E-state index is 14.5. The second-order valence-corrected chi connectivity index (χ2v) is 11.2. The zero-order valence-electron chi connectivity index (χ0n) is 20.0. The number of halogens is 2. The number of amides is 2. The molecule has 7 nitrogen and oxygen atoms in total. The minimum Gasteiger partial charge on any atom is -0.283 e. The molecular weight excluding hydrogens is 523 g/mol. The largest absolute Gasteiger partial charge is 0.283 e. The minimum atomic E-state index is -1.05. The van der Waals surface area contributed by atoms with Gasteiger partial charge in [-0.3, -0.25) is 23.9 Å². The van der Waals surface area contributed by atoms with Crippen LogP contribution in [0.1, 0.15) is 24.2 Å². The number of imide groups is 1. The van der Waals surface area contributed by atoms with Crippen LogP contribution in [0.15, 0.2) is 71.5 Å². The molecule has 5 heterocycles. The molecule has 0 unspecified atom stereocenters. The van der Waals surface area contributed by atoms with Crippen LogP contribution in [0.2, 0.25) is 10.0 Å². The molecule has 3 aromatic carbocycles. The predicted molar refractivity (Wildman–Crippen MR) is 144 cm³/mol. The number of benzene rings is 3. The van der Waals surface area contributed by atoms with Crippen molar-refractivity contribution >= 4 is 51.6 Å². The van der Waals surface area contributed by atoms with Crippen LogP contribution in [0.3, 0.4) is 0 Å². The Labute approximate surface area is 227 Å². The highest BCUT2D eigenvalue weighted by atomic mass is 35.5. The van der Waals surface area contributed by atoms with Crippen molar-refractivity contribution in [3.8, 4) is 5.69 Å². The Bertz CT molecular complexity index is 1800. The highest BCUT2D eigenvalue weighted by Gasteiger charge is 2.73. The van der Waals surface area contributed by atoms with Crippen LogP contribution >= 0.6 is 23.2 Å². The zero-order chi connectivity index (χ0) is 25.9. The molecular formula is C29H20Cl2N4O3. The van der Waals surface area contributed by atoms with Gasteiger partial charge in [0.2, 0.25) is 11.8 Å². The van der Waals surface area contributed by atoms with Gasteiger partial charge in [-0.05, 0) is 55.8 Å². The van der Waals surface area contributed by atoms with Crippen LogP contribution < -0.4 is 10.5 Å². The topological polar surface area (TPSA) is 75.5 Å². The SMILES string of the molecule is O=C1[C@H]2[C@@H]3CCCN3[C@]3(c4ccccc4-n4c3nc3ccccc3c4=O)[C@H]2C(=O)N1c1ccc(Cl)cc1Cl. The van der Waals surface area contributed by atoms with Gasteiger partial charge in [0.25, 0.3) is 5.56 Å². The number of para-hydroxylation sites is 2. The van der Waals surface area contributed by atoms with Gasteiger partial charge in [-0.15, -0.1) is 0 Å². The molecule has 8 rings (SSSR count). The lowest BCUT2D eigenvalue weighted by Crippen LogP contribution is -2.51. The number of carbonyl (C=O) groups is 2. The van der Waals surface area contributed by atoms with Gasteiger partial charge in [0.05, 0.1) is 39.1 Å². The van der Waals surface area contributed by atoms with E-state index in [1.54, 1.807) is 22.8 Å². The summed E-state index contributed by atoms with van der Waals surface area (Å²) in [5, 5.41) is 1.17. The lowest BCUT2D eigenvalue weighted by Gasteiger charge is -2.38. The fraction of sp³-hybridized carbons (Fsp3) is 0.241. The van der Waals surface area contributed by atoms with Crippen molar-refractivity contribution in [2.24, 2.45) is 11.8 Å². The first-order chi connectivity index (χ1) is 18.4. The molecule has 0 N–H and O–H groups in total. The molecule has 2 amide bonds. The Morgan fingerprint density at radius 3 is 2.53 bits per heavy atom. The van der Waals surface area contributed by atoms with Gasteiger partial charge in [0.15, 0.2) is 0 Å². The van der Waals surface area contributed by atoms with E-state index in [9.17, 15) is 14.4 Å². The molecule has 1 spiro atoms. The Hall–Kier alpha value is -3.52. The molecule has 0 bridgehead atoms. The van der Waals surface area contributed by atoms with Gasteiger partial charge in [-0.2, -0.15) is 0 Å². The summed E-state index contributed by atoms with van der Waals surface area (Å²) in [5.74, 6) is -1.43. The maximum absolute atomic E-state index is 14.5. The van der Waals surface area contributed by atoms with Crippen LogP contribution in [0.5, 0.6) is 0 Å². The highest BCUT2D eigenvalue weighted by molar-refractivity contribution is 6.38. The number of carbonyl (C=O) groups excluding carboxylic acids is 2. The van der Waals surface area contributed by atoms with E-state index in [4.69, 9.17) is 28.2 Å². The second kappa shape index (κ2) is 7.53. The number of rotatable bonds is 1. The summed E-state index contributed by atoms with van der Waals surface area (Å²) >= 11 is 12.6. The van der Waals surface area contributed by atoms with Gasteiger partial charge in [-0.25, -0.2) is 9.88 Å². The number of hydrogen-bond donors (Lipinski definition) is 0. The molecule has 3 saturated heterocycles. The van der Waals surface area contributed by atoms with Crippen molar-refractivity contribution in [3.63, 3.8) is 0 Å². The predicted octanol–water partition coefficient (Wildman–Crippen LogP) is 4.53. The van der Waals surface area contributed by atoms with Crippen molar-refractivity contribution in [2.45, 2.75) is 24.4 Å². The fourth-order valence-corrected chi connectivity index (χ4v) is 8.01. The third-order valence-corrected chi connectivity index (χ3v) is 9.33. The van der Waals surface area contributed by atoms with Crippen LogP contribution in [0, 0.1) is 11.8 Å². The van der Waals surface area contributed by atoms with Crippen molar-refractivity contribution in [1.82, 2.24) is 14.5 Å². The Balaban J connectivity index is 1.45. The standard InChI is InChI=1S/C29H20Cl2N4O3/c30-15-11-12-21(18(31)14-15)34-26(37)23-22-10-5-13-33(22)29(24(23)27(34)38)17-7-2-4-9-20(17)35-25(36)16-6-1-3-8-19(16)32-28(29)35/h1-4,6-9,11-12,14,22-24H,5,10,13H2/t22-,23-,24+,29+/m0/s1. The molecule has 0 saturated carbocycles. The molecule has 1 aromatic heterocycles. The Morgan fingerprint density at radius 2 is 1.68 bits per heavy atom. The summed E-state index contributed by atoms with van der Waals surface area (Å²) in [6.45, 7) is 0.705. The van der Waals surface area contributed by atoms with Gasteiger partial charge in [-0.1, -0.05) is 53.5 Å². The number of hydrogen-bond acceptors (Lipinski definition) is 5. The third-order valence-electron chi connectivity index (χ3n) is 8.79. The maximum Gasteiger partial charge on any atom is 0.266 e. The monoisotopic (exact) mass is 542 g/mol. The van der Waals surface area contributed by atoms with Gasteiger partial charge < -0.3 is 0 Å². The Kier molecular flexibility index (Phi) is 4.45. The van der Waals surface area contributed by atoms with Gasteiger partial charge in [0.1, 0.15) is 11.4 Å². The lowest BCUT2D eigenvalue weighted by molar-refractivity contribution is -0.124. The first kappa shape index (κ1) is 22.5. The molecule has 4 aliphatic rings. The van der Waals surface area contributed by atoms with E-state index in [0.29, 0.717) is 39.7 Å². The van der Waals surface area contributed by atoms with E-state index in [1.165, 1.54) is 11.0 Å². The summed E-state index contributed by atoms with van der Waals surface area (Å²) in [5.41, 5.74) is 1.22. The smallest absolute Gasteiger partial charge is 0.266 e. The van der Waals surface area contributed by atoms with Crippen molar-refractivity contribution in [1.29, 1.82) is 0 Å². The molecule has 9 heteroatoms. The van der Waals surface area contributed by atoms with Crippen LogP contribution in [-0.2, 0) is 15.1 Å². The van der Waals surface area contributed by atoms with Crippen molar-refractivity contribution in [2.75, 3.05) is 11.4 Å². The highest BCUT2D eigenvalue weighted by Crippen LogP contribution is 2.62.